The molecule has 0 unspecified atom stereocenters. The van der Waals surface area contributed by atoms with Gasteiger partial charge in [0.05, 0.1) is 10.6 Å². The molecule has 0 aliphatic carbocycles. The molecule has 1 aromatic rings. The summed E-state index contributed by atoms with van der Waals surface area (Å²) in [6.45, 7) is 0. The van der Waals surface area contributed by atoms with Gasteiger partial charge in [-0.2, -0.15) is 5.26 Å². The second-order valence-electron chi connectivity index (χ2n) is 2.56. The highest BCUT2D eigenvalue weighted by Gasteiger charge is 2.02. The molecular weight excluding hydrogens is 210 g/mol. The number of non-ortho nitro benzene ring substituents is 1. The predicted molar refractivity (Wildman–Crippen MR) is 54.5 cm³/mol. The number of hydrogen-bond donors (Lipinski definition) is 1. The molecule has 1 rings (SSSR count). The summed E-state index contributed by atoms with van der Waals surface area (Å²) < 4.78 is 0. The third kappa shape index (κ3) is 2.83. The van der Waals surface area contributed by atoms with E-state index in [0.717, 1.165) is 0 Å². The normalized spacial score (nSPS) is 9.44. The van der Waals surface area contributed by atoms with Crippen molar-refractivity contribution in [2.75, 3.05) is 0 Å². The average molecular weight is 215 g/mol. The summed E-state index contributed by atoms with van der Waals surface area (Å²) in [7, 11) is 0. The van der Waals surface area contributed by atoms with Crippen LogP contribution in [-0.4, -0.2) is 10.8 Å². The van der Waals surface area contributed by atoms with Crippen LogP contribution in [0.15, 0.2) is 40.2 Å². The summed E-state index contributed by atoms with van der Waals surface area (Å²) in [5, 5.41) is 32.4. The second kappa shape index (κ2) is 5.14. The van der Waals surface area contributed by atoms with Crippen LogP contribution < -0.4 is 0 Å². The monoisotopic (exact) mass is 215 g/mol. The Hall–Kier alpha value is -2.84. The molecule has 0 amide bonds. The van der Waals surface area contributed by atoms with Crippen LogP contribution in [0.4, 0.5) is 11.4 Å². The minimum Gasteiger partial charge on any atom is -0.258 e. The van der Waals surface area contributed by atoms with Crippen LogP contribution in [-0.2, 0) is 0 Å². The summed E-state index contributed by atoms with van der Waals surface area (Å²) in [5.74, 6) is 1.79. The Morgan fingerprint density at radius 3 is 2.50 bits per heavy atom. The predicted octanol–water partition coefficient (Wildman–Crippen LogP) is 2.33. The summed E-state index contributed by atoms with van der Waals surface area (Å²) in [4.78, 5) is 9.81. The standard InChI is InChI=1S/C9H5N5O2/c10-5-8(6-11)13-12-7-1-3-9(4-2-7)14(15)16/h1-4,10H. The molecular formula is C9H5N5O2. The van der Waals surface area contributed by atoms with Gasteiger partial charge in [-0.15, -0.1) is 10.2 Å². The van der Waals surface area contributed by atoms with Crippen molar-refractivity contribution in [1.29, 1.82) is 10.7 Å². The van der Waals surface area contributed by atoms with Gasteiger partial charge < -0.3 is 0 Å². The summed E-state index contributed by atoms with van der Waals surface area (Å²) in [5.41, 5.74) is 0.0361. The minimum atomic E-state index is -0.529. The van der Waals surface area contributed by atoms with Crippen molar-refractivity contribution in [2.45, 2.75) is 0 Å². The summed E-state index contributed by atoms with van der Waals surface area (Å²) in [6, 6.07) is 6.92. The number of nitrogens with one attached hydrogen (secondary N) is 1. The SMILES string of the molecule is N#CC(=C=N)N=Nc1ccc([N+](=O)[O-])cc1. The maximum absolute atomic E-state index is 10.3. The molecule has 0 aromatic heterocycles. The third-order valence-electron chi connectivity index (χ3n) is 1.55. The maximum atomic E-state index is 10.3. The molecule has 0 atom stereocenters. The van der Waals surface area contributed by atoms with Crippen LogP contribution in [0.2, 0.25) is 0 Å². The third-order valence-corrected chi connectivity index (χ3v) is 1.55. The lowest BCUT2D eigenvalue weighted by Crippen LogP contribution is -1.85. The Morgan fingerprint density at radius 2 is 2.06 bits per heavy atom. The van der Waals surface area contributed by atoms with E-state index in [1.165, 1.54) is 24.3 Å². The smallest absolute Gasteiger partial charge is 0.258 e. The molecule has 16 heavy (non-hydrogen) atoms. The second-order valence-corrected chi connectivity index (χ2v) is 2.56. The van der Waals surface area contributed by atoms with Gasteiger partial charge in [-0.05, 0) is 12.1 Å². The zero-order valence-electron chi connectivity index (χ0n) is 7.91. The van der Waals surface area contributed by atoms with Crippen LogP contribution in [0.5, 0.6) is 0 Å². The molecule has 1 aromatic carbocycles. The van der Waals surface area contributed by atoms with Gasteiger partial charge in [0.2, 0.25) is 5.70 Å². The zero-order chi connectivity index (χ0) is 12.0. The largest absolute Gasteiger partial charge is 0.269 e. The van der Waals surface area contributed by atoms with Crippen LogP contribution >= 0.6 is 0 Å². The Balaban J connectivity index is 2.89. The van der Waals surface area contributed by atoms with E-state index in [0.29, 0.717) is 5.69 Å². The number of benzene rings is 1. The first-order valence-electron chi connectivity index (χ1n) is 4.03. The first-order chi connectivity index (χ1) is 7.67. The zero-order valence-corrected chi connectivity index (χ0v) is 7.91. The molecule has 0 fully saturated rings. The van der Waals surface area contributed by atoms with E-state index in [1.54, 1.807) is 11.9 Å². The molecule has 7 nitrogen and oxygen atoms in total. The quantitative estimate of drug-likeness (QED) is 0.274. The fraction of sp³-hybridized carbons (Fsp3) is 0. The van der Waals surface area contributed by atoms with E-state index in [4.69, 9.17) is 10.7 Å². The summed E-state index contributed by atoms with van der Waals surface area (Å²) >= 11 is 0. The van der Waals surface area contributed by atoms with Crippen LogP contribution in [0.25, 0.3) is 0 Å². The van der Waals surface area contributed by atoms with Crippen LogP contribution in [0.3, 0.4) is 0 Å². The molecule has 0 spiro atoms. The van der Waals surface area contributed by atoms with Crippen molar-refractivity contribution >= 4 is 17.2 Å². The Labute approximate surface area is 90.0 Å². The van der Waals surface area contributed by atoms with Crippen molar-refractivity contribution in [2.24, 2.45) is 10.2 Å². The lowest BCUT2D eigenvalue weighted by atomic mass is 10.3. The van der Waals surface area contributed by atoms with E-state index in [2.05, 4.69) is 10.2 Å². The van der Waals surface area contributed by atoms with Crippen molar-refractivity contribution < 1.29 is 4.92 Å². The lowest BCUT2D eigenvalue weighted by molar-refractivity contribution is -0.384. The van der Waals surface area contributed by atoms with Crippen molar-refractivity contribution in [3.63, 3.8) is 0 Å². The Bertz CT molecular complexity index is 520. The molecule has 0 heterocycles. The number of nitro groups is 1. The molecule has 1 N–H and O–H groups in total. The summed E-state index contributed by atoms with van der Waals surface area (Å²) in [6.07, 6.45) is 0. The molecule has 0 saturated carbocycles. The van der Waals surface area contributed by atoms with Gasteiger partial charge in [0.25, 0.3) is 5.69 Å². The minimum absolute atomic E-state index is 0.0537. The highest BCUT2D eigenvalue weighted by molar-refractivity contribution is 5.59. The van der Waals surface area contributed by atoms with Crippen molar-refractivity contribution in [1.82, 2.24) is 0 Å². The molecule has 78 valence electrons. The number of allylic oxidation sites excluding steroid dienone is 1. The molecule has 0 aliphatic heterocycles. The average Bonchev–Trinajstić information content (AvgIpc) is 2.31. The van der Waals surface area contributed by atoms with Crippen molar-refractivity contribution in [3.8, 4) is 6.07 Å². The van der Waals surface area contributed by atoms with E-state index in [1.807, 2.05) is 0 Å². The van der Waals surface area contributed by atoms with Gasteiger partial charge in [-0.1, -0.05) is 0 Å². The topological polar surface area (TPSA) is 116 Å². The van der Waals surface area contributed by atoms with Gasteiger partial charge in [0.15, 0.2) is 0 Å². The van der Waals surface area contributed by atoms with E-state index < -0.39 is 4.92 Å². The molecule has 0 aliphatic rings. The highest BCUT2D eigenvalue weighted by Crippen LogP contribution is 2.18. The molecule has 0 radical (unpaired) electrons. The molecule has 7 heteroatoms. The Morgan fingerprint density at radius 1 is 1.44 bits per heavy atom. The Kier molecular flexibility index (Phi) is 3.61. The van der Waals surface area contributed by atoms with Gasteiger partial charge in [0.1, 0.15) is 6.07 Å². The number of hydrogen-bond acceptors (Lipinski definition) is 6. The molecule has 0 bridgehead atoms. The van der Waals surface area contributed by atoms with E-state index >= 15 is 0 Å². The fourth-order valence-electron chi connectivity index (χ4n) is 0.824. The number of nitriles is 1. The number of nitro benzene ring substituents is 1. The first kappa shape index (κ1) is 11.2. The lowest BCUT2D eigenvalue weighted by Gasteiger charge is -1.91. The van der Waals surface area contributed by atoms with Gasteiger partial charge in [-0.25, -0.2) is 0 Å². The first-order valence-corrected chi connectivity index (χ1v) is 4.03. The van der Waals surface area contributed by atoms with Crippen molar-refractivity contribution in [3.05, 3.63) is 40.1 Å². The number of nitrogens with zero attached hydrogens (tertiary/aromatic N) is 4. The fourth-order valence-corrected chi connectivity index (χ4v) is 0.824. The van der Waals surface area contributed by atoms with E-state index in [9.17, 15) is 10.1 Å². The maximum Gasteiger partial charge on any atom is 0.269 e. The molecule has 0 saturated heterocycles. The van der Waals surface area contributed by atoms with Crippen LogP contribution in [0, 0.1) is 26.9 Å². The van der Waals surface area contributed by atoms with Crippen LogP contribution in [0.1, 0.15) is 0 Å². The number of rotatable bonds is 3. The van der Waals surface area contributed by atoms with Gasteiger partial charge in [0, 0.05) is 18.0 Å². The van der Waals surface area contributed by atoms with Gasteiger partial charge >= 0.3 is 0 Å². The van der Waals surface area contributed by atoms with Gasteiger partial charge in [-0.3, -0.25) is 15.5 Å². The highest BCUT2D eigenvalue weighted by atomic mass is 16.6. The number of azo groups is 1. The van der Waals surface area contributed by atoms with E-state index in [-0.39, 0.29) is 11.4 Å².